The maximum Gasteiger partial charge on any atom is 0.449 e. The summed E-state index contributed by atoms with van der Waals surface area (Å²) in [4.78, 5) is 11.8. The number of hydrogen-bond donors (Lipinski definition) is 1. The van der Waals surface area contributed by atoms with E-state index in [4.69, 9.17) is 0 Å². The summed E-state index contributed by atoms with van der Waals surface area (Å²) >= 11 is 1.56. The molecule has 0 radical (unpaired) electrons. The van der Waals surface area contributed by atoms with Gasteiger partial charge in [0.15, 0.2) is 0 Å². The van der Waals surface area contributed by atoms with Crippen LogP contribution in [0.5, 0.6) is 0 Å². The highest BCUT2D eigenvalue weighted by Gasteiger charge is 2.36. The van der Waals surface area contributed by atoms with Gasteiger partial charge in [-0.05, 0) is 17.9 Å². The van der Waals surface area contributed by atoms with E-state index in [0.29, 0.717) is 16.9 Å². The van der Waals surface area contributed by atoms with Crippen molar-refractivity contribution in [1.82, 2.24) is 19.5 Å². The molecule has 116 valence electrons. The fourth-order valence-electron chi connectivity index (χ4n) is 2.35. The number of hydrogen-bond acceptors (Lipinski definition) is 3. The molecule has 22 heavy (non-hydrogen) atoms. The van der Waals surface area contributed by atoms with Gasteiger partial charge in [-0.2, -0.15) is 13.2 Å². The average molecular weight is 326 g/mol. The quantitative estimate of drug-likeness (QED) is 0.737. The lowest BCUT2D eigenvalue weighted by Crippen LogP contribution is -2.12. The van der Waals surface area contributed by atoms with Crippen LogP contribution in [0.4, 0.5) is 13.2 Å². The van der Waals surface area contributed by atoms with Crippen LogP contribution in [0.2, 0.25) is 0 Å². The highest BCUT2D eigenvalue weighted by molar-refractivity contribution is 7.99. The van der Waals surface area contributed by atoms with Gasteiger partial charge in [-0.3, -0.25) is 0 Å². The van der Waals surface area contributed by atoms with Crippen molar-refractivity contribution >= 4 is 22.8 Å². The molecule has 2 aromatic heterocycles. The second-order valence-corrected chi connectivity index (χ2v) is 6.01. The normalized spacial score (nSPS) is 12.2. The lowest BCUT2D eigenvalue weighted by atomic mass is 10.2. The summed E-state index contributed by atoms with van der Waals surface area (Å²) in [5.41, 5.74) is 1.52. The summed E-state index contributed by atoms with van der Waals surface area (Å²) in [6.45, 7) is 1.99. The van der Waals surface area contributed by atoms with E-state index in [9.17, 15) is 13.2 Å². The van der Waals surface area contributed by atoms with Crippen LogP contribution in [0, 0.1) is 0 Å². The molecule has 2 heterocycles. The summed E-state index contributed by atoms with van der Waals surface area (Å²) in [6.07, 6.45) is -1.18. The van der Waals surface area contributed by atoms with Crippen LogP contribution in [0.1, 0.15) is 12.7 Å². The van der Waals surface area contributed by atoms with E-state index in [0.717, 1.165) is 20.8 Å². The number of benzene rings is 1. The molecule has 0 spiro atoms. The SMILES string of the molecule is CCSc1cc2c(cc1-c1ncc[nH]1)nc(C(F)(F)F)n2C. The topological polar surface area (TPSA) is 46.5 Å². The van der Waals surface area contributed by atoms with E-state index in [1.807, 2.05) is 6.92 Å². The van der Waals surface area contributed by atoms with Gasteiger partial charge < -0.3 is 9.55 Å². The Hall–Kier alpha value is -1.96. The largest absolute Gasteiger partial charge is 0.449 e. The van der Waals surface area contributed by atoms with Crippen LogP contribution in [0.15, 0.2) is 29.4 Å². The Labute approximate surface area is 128 Å². The van der Waals surface area contributed by atoms with Gasteiger partial charge in [0.05, 0.1) is 11.0 Å². The first-order valence-corrected chi connectivity index (χ1v) is 7.60. The second-order valence-electron chi connectivity index (χ2n) is 4.70. The van der Waals surface area contributed by atoms with Gasteiger partial charge in [-0.25, -0.2) is 9.97 Å². The lowest BCUT2D eigenvalue weighted by molar-refractivity contribution is -0.146. The first-order valence-electron chi connectivity index (χ1n) is 6.62. The zero-order chi connectivity index (χ0) is 15.9. The van der Waals surface area contributed by atoms with E-state index in [-0.39, 0.29) is 0 Å². The highest BCUT2D eigenvalue weighted by Crippen LogP contribution is 2.36. The average Bonchev–Trinajstić information content (AvgIpc) is 3.06. The molecule has 0 aliphatic carbocycles. The summed E-state index contributed by atoms with van der Waals surface area (Å²) in [5.74, 6) is 0.534. The molecular formula is C14H13F3N4S. The van der Waals surface area contributed by atoms with Gasteiger partial charge in [0.2, 0.25) is 5.82 Å². The summed E-state index contributed by atoms with van der Waals surface area (Å²) in [5, 5.41) is 0. The zero-order valence-corrected chi connectivity index (χ0v) is 12.7. The van der Waals surface area contributed by atoms with Gasteiger partial charge in [-0.15, -0.1) is 11.8 Å². The Morgan fingerprint density at radius 2 is 2.09 bits per heavy atom. The minimum absolute atomic E-state index is 0.307. The van der Waals surface area contributed by atoms with Gasteiger partial charge in [-0.1, -0.05) is 6.92 Å². The summed E-state index contributed by atoms with van der Waals surface area (Å²) in [7, 11) is 1.38. The van der Waals surface area contributed by atoms with Crippen molar-refractivity contribution in [2.24, 2.45) is 7.05 Å². The summed E-state index contributed by atoms with van der Waals surface area (Å²) in [6, 6.07) is 3.39. The van der Waals surface area contributed by atoms with Crippen LogP contribution < -0.4 is 0 Å². The van der Waals surface area contributed by atoms with Crippen molar-refractivity contribution < 1.29 is 13.2 Å². The van der Waals surface area contributed by atoms with Crippen molar-refractivity contribution in [2.75, 3.05) is 5.75 Å². The van der Waals surface area contributed by atoms with Gasteiger partial charge in [0.1, 0.15) is 5.82 Å². The predicted molar refractivity (Wildman–Crippen MR) is 79.7 cm³/mol. The van der Waals surface area contributed by atoms with Crippen LogP contribution in [0.3, 0.4) is 0 Å². The maximum atomic E-state index is 13.0. The zero-order valence-electron chi connectivity index (χ0n) is 11.9. The molecule has 0 unspecified atom stereocenters. The van der Waals surface area contributed by atoms with Gasteiger partial charge in [0, 0.05) is 29.9 Å². The molecule has 0 fully saturated rings. The molecule has 1 N–H and O–H groups in total. The monoisotopic (exact) mass is 326 g/mol. The number of H-pyrrole nitrogens is 1. The molecule has 1 aromatic carbocycles. The lowest BCUT2D eigenvalue weighted by Gasteiger charge is -2.08. The van der Waals surface area contributed by atoms with Crippen LogP contribution >= 0.6 is 11.8 Å². The molecule has 0 bridgehead atoms. The van der Waals surface area contributed by atoms with E-state index in [1.54, 1.807) is 36.3 Å². The number of halogens is 3. The predicted octanol–water partition coefficient (Wildman–Crippen LogP) is 4.09. The Kier molecular flexibility index (Phi) is 3.64. The minimum atomic E-state index is -4.48. The number of nitrogens with one attached hydrogen (secondary N) is 1. The number of rotatable bonds is 3. The Balaban J connectivity index is 2.26. The van der Waals surface area contributed by atoms with Gasteiger partial charge >= 0.3 is 6.18 Å². The highest BCUT2D eigenvalue weighted by atomic mass is 32.2. The number of aromatic amines is 1. The van der Waals surface area contributed by atoms with Crippen LogP contribution in [-0.4, -0.2) is 25.3 Å². The fourth-order valence-corrected chi connectivity index (χ4v) is 3.16. The number of aromatic nitrogens is 4. The standard InChI is InChI=1S/C14H13F3N4S/c1-3-22-11-7-10-9(6-8(11)12-18-4-5-19-12)20-13(21(10)2)14(15,16)17/h4-7H,3H2,1-2H3,(H,18,19). The van der Waals surface area contributed by atoms with E-state index in [1.165, 1.54) is 7.05 Å². The van der Waals surface area contributed by atoms with E-state index in [2.05, 4.69) is 15.0 Å². The molecule has 0 aliphatic rings. The Bertz CT molecular complexity index is 806. The van der Waals surface area contributed by atoms with Crippen LogP contribution in [0.25, 0.3) is 22.4 Å². The third-order valence-corrected chi connectivity index (χ3v) is 4.23. The number of aryl methyl sites for hydroxylation is 1. The number of thioether (sulfide) groups is 1. The molecule has 3 rings (SSSR count). The molecule has 4 nitrogen and oxygen atoms in total. The number of nitrogens with zero attached hydrogens (tertiary/aromatic N) is 3. The maximum absolute atomic E-state index is 13.0. The third kappa shape index (κ3) is 2.47. The molecule has 0 amide bonds. The molecule has 0 saturated heterocycles. The minimum Gasteiger partial charge on any atom is -0.345 e. The van der Waals surface area contributed by atoms with Crippen molar-refractivity contribution in [3.05, 3.63) is 30.4 Å². The van der Waals surface area contributed by atoms with Crippen LogP contribution in [-0.2, 0) is 13.2 Å². The Morgan fingerprint density at radius 1 is 1.32 bits per heavy atom. The molecule has 3 aromatic rings. The number of imidazole rings is 2. The van der Waals surface area contributed by atoms with Crippen molar-refractivity contribution in [3.63, 3.8) is 0 Å². The third-order valence-electron chi connectivity index (χ3n) is 3.29. The molecular weight excluding hydrogens is 313 g/mol. The smallest absolute Gasteiger partial charge is 0.345 e. The number of alkyl halides is 3. The Morgan fingerprint density at radius 3 is 2.68 bits per heavy atom. The molecule has 8 heteroatoms. The van der Waals surface area contributed by atoms with E-state index < -0.39 is 12.0 Å². The van der Waals surface area contributed by atoms with Crippen molar-refractivity contribution in [1.29, 1.82) is 0 Å². The number of fused-ring (bicyclic) bond motifs is 1. The van der Waals surface area contributed by atoms with E-state index >= 15 is 0 Å². The molecule has 0 saturated carbocycles. The second kappa shape index (κ2) is 5.35. The van der Waals surface area contributed by atoms with Gasteiger partial charge in [0.25, 0.3) is 0 Å². The van der Waals surface area contributed by atoms with Crippen molar-refractivity contribution in [3.8, 4) is 11.4 Å². The first-order chi connectivity index (χ1) is 10.4. The first kappa shape index (κ1) is 15.0. The molecule has 0 atom stereocenters. The fraction of sp³-hybridized carbons (Fsp3) is 0.286. The van der Waals surface area contributed by atoms with Crippen molar-refractivity contribution in [2.45, 2.75) is 18.0 Å². The molecule has 0 aliphatic heterocycles. The summed E-state index contributed by atoms with van der Waals surface area (Å²) < 4.78 is 40.1.